The first-order chi connectivity index (χ1) is 14.0. The quantitative estimate of drug-likeness (QED) is 0.763. The highest BCUT2D eigenvalue weighted by Gasteiger charge is 2.54. The van der Waals surface area contributed by atoms with E-state index in [1.165, 1.54) is 12.1 Å². The van der Waals surface area contributed by atoms with Crippen molar-refractivity contribution in [2.75, 3.05) is 13.1 Å². The van der Waals surface area contributed by atoms with E-state index in [9.17, 15) is 18.8 Å². The van der Waals surface area contributed by atoms with Crippen LogP contribution >= 0.6 is 0 Å². The van der Waals surface area contributed by atoms with E-state index in [4.69, 9.17) is 0 Å². The van der Waals surface area contributed by atoms with Crippen molar-refractivity contribution in [3.05, 3.63) is 71.0 Å². The average molecular weight is 395 g/mol. The van der Waals surface area contributed by atoms with Crippen LogP contribution in [0.1, 0.15) is 29.5 Å². The molecule has 2 aromatic rings. The van der Waals surface area contributed by atoms with Gasteiger partial charge in [-0.05, 0) is 54.5 Å². The maximum atomic E-state index is 13.1. The summed E-state index contributed by atoms with van der Waals surface area (Å²) in [5, 5.41) is 5.56. The topological polar surface area (TPSA) is 78.5 Å². The summed E-state index contributed by atoms with van der Waals surface area (Å²) in [5.74, 6) is -1.09. The first-order valence-electron chi connectivity index (χ1n) is 9.73. The molecule has 1 spiro atoms. The van der Waals surface area contributed by atoms with E-state index in [-0.39, 0.29) is 18.3 Å². The molecule has 1 saturated heterocycles. The van der Waals surface area contributed by atoms with Crippen LogP contribution in [-0.4, -0.2) is 35.8 Å². The van der Waals surface area contributed by atoms with Gasteiger partial charge >= 0.3 is 6.03 Å². The van der Waals surface area contributed by atoms with E-state index < -0.39 is 17.5 Å². The van der Waals surface area contributed by atoms with Gasteiger partial charge in [-0.15, -0.1) is 0 Å². The molecule has 2 N–H and O–H groups in total. The van der Waals surface area contributed by atoms with Crippen molar-refractivity contribution >= 4 is 17.8 Å². The number of rotatable bonds is 5. The molecule has 0 saturated carbocycles. The fourth-order valence-electron chi connectivity index (χ4n) is 4.15. The number of imide groups is 1. The highest BCUT2D eigenvalue weighted by atomic mass is 19.1. The number of hydrogen-bond acceptors (Lipinski definition) is 3. The molecule has 150 valence electrons. The number of carbonyl (C=O) groups excluding carboxylic acids is 3. The Morgan fingerprint density at radius 2 is 1.90 bits per heavy atom. The predicted octanol–water partition coefficient (Wildman–Crippen LogP) is 2.27. The van der Waals surface area contributed by atoms with Crippen molar-refractivity contribution in [2.24, 2.45) is 0 Å². The lowest BCUT2D eigenvalue weighted by Crippen LogP contribution is -2.47. The Balaban J connectivity index is 1.40. The molecule has 29 heavy (non-hydrogen) atoms. The van der Waals surface area contributed by atoms with E-state index in [0.717, 1.165) is 34.4 Å². The zero-order chi connectivity index (χ0) is 20.4. The molecule has 4 amide bonds. The fourth-order valence-corrected chi connectivity index (χ4v) is 4.15. The van der Waals surface area contributed by atoms with Gasteiger partial charge in [-0.1, -0.05) is 36.4 Å². The Morgan fingerprint density at radius 3 is 2.69 bits per heavy atom. The highest BCUT2D eigenvalue weighted by molar-refractivity contribution is 6.09. The summed E-state index contributed by atoms with van der Waals surface area (Å²) in [6.45, 7) is 0.0140. The van der Waals surface area contributed by atoms with Gasteiger partial charge < -0.3 is 10.6 Å². The molecule has 0 unspecified atom stereocenters. The number of urea groups is 1. The molecule has 2 aliphatic rings. The van der Waals surface area contributed by atoms with E-state index >= 15 is 0 Å². The molecule has 1 aliphatic carbocycles. The number of aryl methyl sites for hydroxylation is 1. The smallest absolute Gasteiger partial charge is 0.325 e. The second-order valence-electron chi connectivity index (χ2n) is 7.46. The standard InChI is InChI=1S/C22H22FN3O3/c23-17-9-7-15(8-10-17)11-13-24-19(27)14-26-20(28)22(25-21(26)29)12-3-5-16-4-1-2-6-18(16)22/h1-2,4,6-10H,3,5,11-14H2,(H,24,27)(H,25,29)/t22-/m1/s1. The van der Waals surface area contributed by atoms with E-state index in [1.54, 1.807) is 12.1 Å². The second-order valence-corrected chi connectivity index (χ2v) is 7.46. The van der Waals surface area contributed by atoms with Crippen LogP contribution < -0.4 is 10.6 Å². The number of fused-ring (bicyclic) bond motifs is 2. The molecule has 0 aromatic heterocycles. The van der Waals surface area contributed by atoms with Gasteiger partial charge in [0.2, 0.25) is 5.91 Å². The van der Waals surface area contributed by atoms with Gasteiger partial charge in [0.05, 0.1) is 0 Å². The highest BCUT2D eigenvalue weighted by Crippen LogP contribution is 2.39. The first-order valence-corrected chi connectivity index (χ1v) is 9.73. The molecule has 6 nitrogen and oxygen atoms in total. The van der Waals surface area contributed by atoms with Crippen LogP contribution in [0.2, 0.25) is 0 Å². The Bertz CT molecular complexity index is 960. The van der Waals surface area contributed by atoms with Gasteiger partial charge in [-0.25, -0.2) is 9.18 Å². The minimum absolute atomic E-state index is 0.311. The molecule has 0 radical (unpaired) electrons. The lowest BCUT2D eigenvalue weighted by molar-refractivity contribution is -0.135. The third kappa shape index (κ3) is 3.60. The lowest BCUT2D eigenvalue weighted by atomic mass is 9.76. The minimum atomic E-state index is -1.07. The maximum Gasteiger partial charge on any atom is 0.325 e. The first kappa shape index (κ1) is 19.1. The Labute approximate surface area is 168 Å². The fraction of sp³-hybridized carbons (Fsp3) is 0.318. The Hall–Kier alpha value is -3.22. The van der Waals surface area contributed by atoms with Crippen molar-refractivity contribution in [3.8, 4) is 0 Å². The van der Waals surface area contributed by atoms with Crippen LogP contribution in [0.15, 0.2) is 48.5 Å². The molecule has 7 heteroatoms. The van der Waals surface area contributed by atoms with Crippen molar-refractivity contribution in [1.82, 2.24) is 15.5 Å². The van der Waals surface area contributed by atoms with Crippen molar-refractivity contribution in [1.29, 1.82) is 0 Å². The predicted molar refractivity (Wildman–Crippen MR) is 104 cm³/mol. The maximum absolute atomic E-state index is 13.1. The average Bonchev–Trinajstić information content (AvgIpc) is 2.95. The molecule has 4 rings (SSSR count). The minimum Gasteiger partial charge on any atom is -0.354 e. The normalized spacial score (nSPS) is 20.5. The monoisotopic (exact) mass is 395 g/mol. The molecule has 1 heterocycles. The number of nitrogens with zero attached hydrogens (tertiary/aromatic N) is 1. The number of amides is 4. The second kappa shape index (κ2) is 7.66. The number of hydrogen-bond donors (Lipinski definition) is 2. The van der Waals surface area contributed by atoms with Crippen LogP contribution in [-0.2, 0) is 28.0 Å². The zero-order valence-corrected chi connectivity index (χ0v) is 15.9. The molecular formula is C22H22FN3O3. The number of nitrogens with one attached hydrogen (secondary N) is 2. The zero-order valence-electron chi connectivity index (χ0n) is 15.9. The Kier molecular flexibility index (Phi) is 5.05. The van der Waals surface area contributed by atoms with Gasteiger partial charge in [-0.3, -0.25) is 14.5 Å². The lowest BCUT2D eigenvalue weighted by Gasteiger charge is -2.33. The number of halogens is 1. The van der Waals surface area contributed by atoms with Crippen LogP contribution in [0.4, 0.5) is 9.18 Å². The molecule has 2 aromatic carbocycles. The summed E-state index contributed by atoms with van der Waals surface area (Å²) < 4.78 is 12.9. The van der Waals surface area contributed by atoms with Gasteiger partial charge in [0.15, 0.2) is 0 Å². The van der Waals surface area contributed by atoms with E-state index in [2.05, 4.69) is 10.6 Å². The molecule has 1 fully saturated rings. The summed E-state index contributed by atoms with van der Waals surface area (Å²) in [5.41, 5.74) is 1.70. The van der Waals surface area contributed by atoms with Crippen molar-refractivity contribution < 1.29 is 18.8 Å². The van der Waals surface area contributed by atoms with Crippen LogP contribution in [0, 0.1) is 5.82 Å². The van der Waals surface area contributed by atoms with Crippen molar-refractivity contribution in [2.45, 2.75) is 31.2 Å². The summed E-state index contributed by atoms with van der Waals surface area (Å²) in [6.07, 6.45) is 2.71. The Morgan fingerprint density at radius 1 is 1.14 bits per heavy atom. The summed E-state index contributed by atoms with van der Waals surface area (Å²) in [4.78, 5) is 39.0. The largest absolute Gasteiger partial charge is 0.354 e. The molecule has 1 aliphatic heterocycles. The van der Waals surface area contributed by atoms with Gasteiger partial charge in [0, 0.05) is 6.54 Å². The molecule has 1 atom stereocenters. The van der Waals surface area contributed by atoms with Crippen LogP contribution in [0.25, 0.3) is 0 Å². The number of benzene rings is 2. The summed E-state index contributed by atoms with van der Waals surface area (Å²) >= 11 is 0. The third-order valence-corrected chi connectivity index (χ3v) is 5.60. The number of carbonyl (C=O) groups is 3. The van der Waals surface area contributed by atoms with E-state index in [0.29, 0.717) is 19.4 Å². The molecular weight excluding hydrogens is 373 g/mol. The van der Waals surface area contributed by atoms with Gasteiger partial charge in [0.25, 0.3) is 5.91 Å². The summed E-state index contributed by atoms with van der Waals surface area (Å²) in [7, 11) is 0. The third-order valence-electron chi connectivity index (χ3n) is 5.60. The van der Waals surface area contributed by atoms with Gasteiger partial charge in [0.1, 0.15) is 17.9 Å². The van der Waals surface area contributed by atoms with Crippen LogP contribution in [0.5, 0.6) is 0 Å². The molecule has 0 bridgehead atoms. The van der Waals surface area contributed by atoms with Gasteiger partial charge in [-0.2, -0.15) is 0 Å². The van der Waals surface area contributed by atoms with Crippen LogP contribution in [0.3, 0.4) is 0 Å². The summed E-state index contributed by atoms with van der Waals surface area (Å²) in [6, 6.07) is 13.1. The SMILES string of the molecule is O=C(CN1C(=O)N[C@@]2(CCCc3ccccc32)C1=O)NCCc1ccc(F)cc1. The van der Waals surface area contributed by atoms with Crippen molar-refractivity contribution in [3.63, 3.8) is 0 Å². The van der Waals surface area contributed by atoms with E-state index in [1.807, 2.05) is 24.3 Å².